The molecule has 1 aliphatic carbocycles. The normalized spacial score (nSPS) is 24.3. The Balaban J connectivity index is 2.08. The molecule has 0 bridgehead atoms. The maximum atomic E-state index is 11.6. The minimum absolute atomic E-state index is 0.443. The van der Waals surface area contributed by atoms with Crippen molar-refractivity contribution in [1.29, 1.82) is 0 Å². The molecule has 1 fully saturated rings. The Kier molecular flexibility index (Phi) is 4.63. The molecule has 1 aromatic rings. The summed E-state index contributed by atoms with van der Waals surface area (Å²) in [6, 6.07) is 8.10. The van der Waals surface area contributed by atoms with Crippen LogP contribution in [0.1, 0.15) is 44.1 Å². The topological polar surface area (TPSA) is 46.2 Å². The number of hydrogen-bond acceptors (Lipinski definition) is 3. The number of hydrogen-bond donors (Lipinski definition) is 1. The second kappa shape index (κ2) is 6.06. The van der Waals surface area contributed by atoms with E-state index in [1.807, 2.05) is 12.1 Å². The quantitative estimate of drug-likeness (QED) is 0.923. The molecule has 0 amide bonds. The molecular formula is C15H23NO2S. The minimum atomic E-state index is -3.10. The van der Waals surface area contributed by atoms with Crippen LogP contribution >= 0.6 is 0 Å². The van der Waals surface area contributed by atoms with E-state index in [0.717, 1.165) is 19.4 Å². The SMILES string of the molecule is CCNC1CCC(c2cccc(S(C)(=O)=O)c2)CC1. The second-order valence-corrected chi connectivity index (χ2v) is 7.47. The monoisotopic (exact) mass is 281 g/mol. The van der Waals surface area contributed by atoms with Crippen LogP contribution in [0.3, 0.4) is 0 Å². The van der Waals surface area contributed by atoms with Crippen LogP contribution in [0.25, 0.3) is 0 Å². The first-order chi connectivity index (χ1) is 9.00. The molecule has 1 aliphatic rings. The molecular weight excluding hydrogens is 258 g/mol. The maximum Gasteiger partial charge on any atom is 0.175 e. The molecule has 0 radical (unpaired) electrons. The van der Waals surface area contributed by atoms with Crippen LogP contribution in [0.2, 0.25) is 0 Å². The van der Waals surface area contributed by atoms with Crippen LogP contribution < -0.4 is 5.32 Å². The smallest absolute Gasteiger partial charge is 0.175 e. The number of benzene rings is 1. The molecule has 0 spiro atoms. The van der Waals surface area contributed by atoms with Gasteiger partial charge in [-0.2, -0.15) is 0 Å². The van der Waals surface area contributed by atoms with Gasteiger partial charge in [-0.25, -0.2) is 8.42 Å². The number of rotatable bonds is 4. The first kappa shape index (κ1) is 14.5. The molecule has 1 aromatic carbocycles. The van der Waals surface area contributed by atoms with Gasteiger partial charge in [-0.15, -0.1) is 0 Å². The van der Waals surface area contributed by atoms with Gasteiger partial charge >= 0.3 is 0 Å². The van der Waals surface area contributed by atoms with Gasteiger partial charge in [0.1, 0.15) is 0 Å². The van der Waals surface area contributed by atoms with Crippen molar-refractivity contribution in [2.24, 2.45) is 0 Å². The highest BCUT2D eigenvalue weighted by atomic mass is 32.2. The van der Waals surface area contributed by atoms with E-state index in [4.69, 9.17) is 0 Å². The van der Waals surface area contributed by atoms with Crippen LogP contribution in [0.4, 0.5) is 0 Å². The predicted octanol–water partition coefficient (Wildman–Crippen LogP) is 2.73. The summed E-state index contributed by atoms with van der Waals surface area (Å²) in [5.41, 5.74) is 1.18. The Bertz CT molecular complexity index is 517. The Hall–Kier alpha value is -0.870. The van der Waals surface area contributed by atoms with Gasteiger partial charge in [0.15, 0.2) is 9.84 Å². The molecule has 19 heavy (non-hydrogen) atoms. The highest BCUT2D eigenvalue weighted by Crippen LogP contribution is 2.33. The molecule has 4 heteroatoms. The zero-order valence-corrected chi connectivity index (χ0v) is 12.5. The summed E-state index contributed by atoms with van der Waals surface area (Å²) in [5.74, 6) is 0.511. The van der Waals surface area contributed by atoms with Gasteiger partial charge in [0.2, 0.25) is 0 Å². The fourth-order valence-corrected chi connectivity index (χ4v) is 3.59. The van der Waals surface area contributed by atoms with E-state index in [1.54, 1.807) is 6.07 Å². The van der Waals surface area contributed by atoms with Gasteiger partial charge < -0.3 is 5.32 Å². The third-order valence-corrected chi connectivity index (χ3v) is 5.09. The average Bonchev–Trinajstić information content (AvgIpc) is 2.39. The van der Waals surface area contributed by atoms with E-state index in [9.17, 15) is 8.42 Å². The number of nitrogens with one attached hydrogen (secondary N) is 1. The molecule has 0 atom stereocenters. The van der Waals surface area contributed by atoms with Crippen molar-refractivity contribution in [2.45, 2.75) is 49.5 Å². The summed E-state index contributed by atoms with van der Waals surface area (Å²) in [6.07, 6.45) is 5.92. The maximum absolute atomic E-state index is 11.6. The predicted molar refractivity (Wildman–Crippen MR) is 78.2 cm³/mol. The second-order valence-electron chi connectivity index (χ2n) is 5.45. The molecule has 2 rings (SSSR count). The van der Waals surface area contributed by atoms with Crippen molar-refractivity contribution >= 4 is 9.84 Å². The average molecular weight is 281 g/mol. The fourth-order valence-electron chi connectivity index (χ4n) is 2.92. The number of sulfone groups is 1. The summed E-state index contributed by atoms with van der Waals surface area (Å²) >= 11 is 0. The van der Waals surface area contributed by atoms with E-state index in [2.05, 4.69) is 18.3 Å². The largest absolute Gasteiger partial charge is 0.314 e. The Labute approximate surface area is 116 Å². The van der Waals surface area contributed by atoms with Crippen LogP contribution in [0.5, 0.6) is 0 Å². The lowest BCUT2D eigenvalue weighted by atomic mass is 9.82. The standard InChI is InChI=1S/C15H23NO2S/c1-3-16-14-9-7-12(8-10-14)13-5-4-6-15(11-13)19(2,17)18/h4-6,11-12,14,16H,3,7-10H2,1-2H3. The van der Waals surface area contributed by atoms with Gasteiger partial charge in [0.05, 0.1) is 4.90 Å². The summed E-state index contributed by atoms with van der Waals surface area (Å²) < 4.78 is 23.2. The fraction of sp³-hybridized carbons (Fsp3) is 0.600. The Morgan fingerprint density at radius 3 is 2.47 bits per heavy atom. The highest BCUT2D eigenvalue weighted by Gasteiger charge is 2.22. The van der Waals surface area contributed by atoms with E-state index >= 15 is 0 Å². The first-order valence-electron chi connectivity index (χ1n) is 7.04. The van der Waals surface area contributed by atoms with Crippen LogP contribution in [0.15, 0.2) is 29.2 Å². The van der Waals surface area contributed by atoms with Crippen molar-refractivity contribution in [3.8, 4) is 0 Å². The lowest BCUT2D eigenvalue weighted by Gasteiger charge is -2.29. The third kappa shape index (κ3) is 3.80. The van der Waals surface area contributed by atoms with Crippen molar-refractivity contribution in [2.75, 3.05) is 12.8 Å². The van der Waals surface area contributed by atoms with E-state index in [-0.39, 0.29) is 0 Å². The van der Waals surface area contributed by atoms with Gasteiger partial charge in [0, 0.05) is 12.3 Å². The van der Waals surface area contributed by atoms with Crippen molar-refractivity contribution in [3.63, 3.8) is 0 Å². The molecule has 0 aromatic heterocycles. The molecule has 0 saturated heterocycles. The zero-order chi connectivity index (χ0) is 13.9. The van der Waals surface area contributed by atoms with Crippen molar-refractivity contribution in [1.82, 2.24) is 5.32 Å². The van der Waals surface area contributed by atoms with E-state index in [0.29, 0.717) is 16.9 Å². The molecule has 0 heterocycles. The highest BCUT2D eigenvalue weighted by molar-refractivity contribution is 7.90. The van der Waals surface area contributed by atoms with Crippen molar-refractivity contribution < 1.29 is 8.42 Å². The molecule has 0 aliphatic heterocycles. The van der Waals surface area contributed by atoms with Gasteiger partial charge in [0.25, 0.3) is 0 Å². The Morgan fingerprint density at radius 2 is 1.89 bits per heavy atom. The molecule has 0 unspecified atom stereocenters. The van der Waals surface area contributed by atoms with Crippen LogP contribution in [-0.2, 0) is 9.84 Å². The summed E-state index contributed by atoms with van der Waals surface area (Å²) in [7, 11) is -3.10. The lowest BCUT2D eigenvalue weighted by Crippen LogP contribution is -2.32. The molecule has 1 saturated carbocycles. The summed E-state index contributed by atoms with van der Waals surface area (Å²) in [6.45, 7) is 3.17. The first-order valence-corrected chi connectivity index (χ1v) is 8.93. The molecule has 3 nitrogen and oxygen atoms in total. The van der Waals surface area contributed by atoms with Crippen LogP contribution in [0, 0.1) is 0 Å². The lowest BCUT2D eigenvalue weighted by molar-refractivity contribution is 0.347. The minimum Gasteiger partial charge on any atom is -0.314 e. The summed E-state index contributed by atoms with van der Waals surface area (Å²) in [5, 5.41) is 3.50. The van der Waals surface area contributed by atoms with Crippen LogP contribution in [-0.4, -0.2) is 27.3 Å². The summed E-state index contributed by atoms with van der Waals surface area (Å²) in [4.78, 5) is 0.443. The van der Waals surface area contributed by atoms with Gasteiger partial charge in [-0.3, -0.25) is 0 Å². The van der Waals surface area contributed by atoms with Crippen molar-refractivity contribution in [3.05, 3.63) is 29.8 Å². The van der Waals surface area contributed by atoms with Gasteiger partial charge in [-0.1, -0.05) is 19.1 Å². The molecule has 106 valence electrons. The van der Waals surface area contributed by atoms with E-state index in [1.165, 1.54) is 24.7 Å². The van der Waals surface area contributed by atoms with Gasteiger partial charge in [-0.05, 0) is 55.8 Å². The third-order valence-electron chi connectivity index (χ3n) is 3.98. The zero-order valence-electron chi connectivity index (χ0n) is 11.7. The Morgan fingerprint density at radius 1 is 1.21 bits per heavy atom. The van der Waals surface area contributed by atoms with E-state index < -0.39 is 9.84 Å². The molecule has 1 N–H and O–H groups in total.